The van der Waals surface area contributed by atoms with Gasteiger partial charge in [-0.25, -0.2) is 15.1 Å². The zero-order chi connectivity index (χ0) is 28.8. The summed E-state index contributed by atoms with van der Waals surface area (Å²) in [6.07, 6.45) is 6.07. The van der Waals surface area contributed by atoms with Crippen molar-refractivity contribution in [2.24, 2.45) is 0 Å². The van der Waals surface area contributed by atoms with Crippen molar-refractivity contribution >= 4 is 57.2 Å². The molecule has 0 radical (unpaired) electrons. The van der Waals surface area contributed by atoms with Crippen LogP contribution in [0.15, 0.2) is 78.9 Å². The van der Waals surface area contributed by atoms with Crippen molar-refractivity contribution < 1.29 is 19.2 Å². The first-order valence-electron chi connectivity index (χ1n) is 14.5. The van der Waals surface area contributed by atoms with E-state index in [4.69, 9.17) is 9.57 Å². The Morgan fingerprint density at radius 1 is 0.929 bits per heavy atom. The highest BCUT2D eigenvalue weighted by atomic mass is 32.2. The van der Waals surface area contributed by atoms with Crippen LogP contribution in [0.5, 0.6) is 0 Å². The van der Waals surface area contributed by atoms with Crippen molar-refractivity contribution in [3.05, 3.63) is 83.7 Å². The van der Waals surface area contributed by atoms with Gasteiger partial charge in [0.15, 0.2) is 6.29 Å². The number of ether oxygens (including phenoxy) is 1. The minimum atomic E-state index is -0.360. The Kier molecular flexibility index (Phi) is 9.09. The molecule has 218 valence electrons. The number of carbonyl (C=O) groups is 2. The number of benzene rings is 3. The lowest BCUT2D eigenvalue weighted by atomic mass is 9.94. The summed E-state index contributed by atoms with van der Waals surface area (Å²) in [7, 11) is 0. The second-order valence-electron chi connectivity index (χ2n) is 10.8. The summed E-state index contributed by atoms with van der Waals surface area (Å²) >= 11 is 3.59. The van der Waals surface area contributed by atoms with E-state index >= 15 is 0 Å². The lowest BCUT2D eigenvalue weighted by molar-refractivity contribution is -0.200. The number of carbonyl (C=O) groups excluding carboxylic acids is 2. The number of rotatable bonds is 8. The predicted octanol–water partition coefficient (Wildman–Crippen LogP) is 8.29. The van der Waals surface area contributed by atoms with E-state index in [1.807, 2.05) is 72.4 Å². The molecule has 2 saturated heterocycles. The third-order valence-corrected chi connectivity index (χ3v) is 10.8. The fourth-order valence-corrected chi connectivity index (χ4v) is 8.50. The molecule has 2 aliphatic rings. The molecule has 1 aromatic heterocycles. The number of anilines is 2. The average molecular weight is 602 g/mol. The van der Waals surface area contributed by atoms with E-state index < -0.39 is 0 Å². The van der Waals surface area contributed by atoms with Crippen LogP contribution in [0.2, 0.25) is 0 Å². The topological polar surface area (TPSA) is 88.7 Å². The van der Waals surface area contributed by atoms with Gasteiger partial charge in [-0.1, -0.05) is 55.0 Å². The number of thioether (sulfide) groups is 1. The molecule has 2 fully saturated rings. The van der Waals surface area contributed by atoms with E-state index in [0.29, 0.717) is 18.7 Å². The second kappa shape index (κ2) is 13.3. The van der Waals surface area contributed by atoms with Crippen molar-refractivity contribution in [2.75, 3.05) is 23.0 Å². The molecule has 7 nitrogen and oxygen atoms in total. The summed E-state index contributed by atoms with van der Waals surface area (Å²) in [6, 6.07) is 25.7. The van der Waals surface area contributed by atoms with E-state index in [9.17, 15) is 9.59 Å². The van der Waals surface area contributed by atoms with Crippen LogP contribution in [0.1, 0.15) is 49.8 Å². The van der Waals surface area contributed by atoms with Gasteiger partial charge < -0.3 is 15.4 Å². The van der Waals surface area contributed by atoms with E-state index in [1.54, 1.807) is 11.3 Å². The van der Waals surface area contributed by atoms with Gasteiger partial charge in [0.1, 0.15) is 0 Å². The Balaban J connectivity index is 1.13. The standard InChI is InChI=1S/C33H35N3O4S2/c37-30(36-40-31-15-3-5-19-39-31)22-33(18-4-6-20-41-33)29-17-16-28(42-29)24-11-7-12-25(21-24)34-32(38)35-27-14-8-10-23-9-1-2-13-26(23)27/h1-2,7-14,16-17,21,31H,3-6,15,18-20,22H2,(H,36,37)(H2,34,35,38)/t31?,33-/m0/s1. The molecule has 0 saturated carbocycles. The summed E-state index contributed by atoms with van der Waals surface area (Å²) < 4.78 is 5.31. The van der Waals surface area contributed by atoms with Gasteiger partial charge in [-0.15, -0.1) is 23.1 Å². The average Bonchev–Trinajstić information content (AvgIpc) is 3.53. The highest BCUT2D eigenvalue weighted by Gasteiger charge is 2.38. The lowest BCUT2D eigenvalue weighted by Gasteiger charge is -2.35. The molecule has 2 aliphatic heterocycles. The number of hydrogen-bond acceptors (Lipinski definition) is 6. The summed E-state index contributed by atoms with van der Waals surface area (Å²) in [6.45, 7) is 0.671. The molecule has 3 aromatic carbocycles. The maximum Gasteiger partial charge on any atom is 0.323 e. The number of amides is 3. The van der Waals surface area contributed by atoms with Crippen molar-refractivity contribution in [1.29, 1.82) is 0 Å². The molecule has 0 spiro atoms. The summed E-state index contributed by atoms with van der Waals surface area (Å²) in [5, 5.41) is 8.04. The third-order valence-electron chi connectivity index (χ3n) is 7.74. The fraction of sp³-hybridized carbons (Fsp3) is 0.333. The minimum Gasteiger partial charge on any atom is -0.350 e. The quantitative estimate of drug-likeness (QED) is 0.177. The Labute approximate surface area is 254 Å². The maximum atomic E-state index is 13.0. The van der Waals surface area contributed by atoms with Crippen LogP contribution in [0.4, 0.5) is 16.2 Å². The Morgan fingerprint density at radius 2 is 1.81 bits per heavy atom. The Bertz CT molecular complexity index is 1540. The lowest BCUT2D eigenvalue weighted by Crippen LogP contribution is -2.37. The van der Waals surface area contributed by atoms with Crippen molar-refractivity contribution in [2.45, 2.75) is 56.0 Å². The number of nitrogens with one attached hydrogen (secondary N) is 3. The number of hydroxylamine groups is 1. The third kappa shape index (κ3) is 6.81. The Hall–Kier alpha value is -3.37. The molecular weight excluding hydrogens is 567 g/mol. The molecule has 9 heteroatoms. The molecule has 6 rings (SSSR count). The minimum absolute atomic E-state index is 0.114. The van der Waals surface area contributed by atoms with E-state index in [1.165, 1.54) is 4.88 Å². The highest BCUT2D eigenvalue weighted by molar-refractivity contribution is 8.00. The van der Waals surface area contributed by atoms with Gasteiger partial charge in [-0.2, -0.15) is 0 Å². The SMILES string of the molecule is O=C(C[C@]1(c2ccc(-c3cccc(NC(=O)Nc4cccc5ccccc45)c3)s2)CCCCS1)NOC1CCCCO1. The molecule has 2 atom stereocenters. The van der Waals surface area contributed by atoms with E-state index in [-0.39, 0.29) is 23.0 Å². The van der Waals surface area contributed by atoms with Crippen LogP contribution in [0.25, 0.3) is 21.2 Å². The normalized spacial score (nSPS) is 20.6. The number of urea groups is 1. The monoisotopic (exact) mass is 601 g/mol. The molecule has 3 N–H and O–H groups in total. The molecule has 3 amide bonds. The molecule has 4 aromatic rings. The predicted molar refractivity (Wildman–Crippen MR) is 172 cm³/mol. The van der Waals surface area contributed by atoms with Crippen molar-refractivity contribution in [1.82, 2.24) is 5.48 Å². The van der Waals surface area contributed by atoms with Gasteiger partial charge in [0.2, 0.25) is 5.91 Å². The molecular formula is C33H35N3O4S2. The first-order valence-corrected chi connectivity index (χ1v) is 16.3. The second-order valence-corrected chi connectivity index (χ2v) is 13.3. The van der Waals surface area contributed by atoms with Crippen molar-refractivity contribution in [3.8, 4) is 10.4 Å². The summed E-state index contributed by atoms with van der Waals surface area (Å²) in [5.41, 5.74) is 5.16. The molecule has 3 heterocycles. The number of thiophene rings is 1. The number of fused-ring (bicyclic) bond motifs is 1. The highest BCUT2D eigenvalue weighted by Crippen LogP contribution is 2.51. The zero-order valence-electron chi connectivity index (χ0n) is 23.4. The first-order chi connectivity index (χ1) is 20.6. The van der Waals surface area contributed by atoms with Crippen LogP contribution in [0.3, 0.4) is 0 Å². The van der Waals surface area contributed by atoms with E-state index in [0.717, 1.165) is 71.2 Å². The summed E-state index contributed by atoms with van der Waals surface area (Å²) in [4.78, 5) is 33.8. The number of hydrogen-bond donors (Lipinski definition) is 3. The smallest absolute Gasteiger partial charge is 0.323 e. The maximum absolute atomic E-state index is 13.0. The van der Waals surface area contributed by atoms with Gasteiger partial charge in [0.25, 0.3) is 0 Å². The van der Waals surface area contributed by atoms with E-state index in [2.05, 4.69) is 34.3 Å². The molecule has 0 bridgehead atoms. The van der Waals surface area contributed by atoms with Gasteiger partial charge in [0.05, 0.1) is 10.4 Å². The fourth-order valence-electron chi connectivity index (χ4n) is 5.61. The van der Waals surface area contributed by atoms with Crippen LogP contribution in [-0.4, -0.2) is 30.6 Å². The molecule has 0 aliphatic carbocycles. The first kappa shape index (κ1) is 28.7. The summed E-state index contributed by atoms with van der Waals surface area (Å²) in [5.74, 6) is 0.912. The largest absolute Gasteiger partial charge is 0.350 e. The van der Waals surface area contributed by atoms with Crippen LogP contribution >= 0.6 is 23.1 Å². The zero-order valence-corrected chi connectivity index (χ0v) is 25.0. The van der Waals surface area contributed by atoms with Gasteiger partial charge >= 0.3 is 6.03 Å². The molecule has 1 unspecified atom stereocenters. The van der Waals surface area contributed by atoms with Crippen molar-refractivity contribution in [3.63, 3.8) is 0 Å². The molecule has 42 heavy (non-hydrogen) atoms. The van der Waals surface area contributed by atoms with Crippen LogP contribution in [0, 0.1) is 0 Å². The van der Waals surface area contributed by atoms with Gasteiger partial charge in [-0.3, -0.25) is 4.79 Å². The van der Waals surface area contributed by atoms with Crippen LogP contribution < -0.4 is 16.1 Å². The van der Waals surface area contributed by atoms with Gasteiger partial charge in [0, 0.05) is 40.3 Å². The Morgan fingerprint density at radius 3 is 2.67 bits per heavy atom. The van der Waals surface area contributed by atoms with Crippen LogP contribution in [-0.2, 0) is 19.1 Å². The van der Waals surface area contributed by atoms with Gasteiger partial charge in [-0.05, 0) is 72.7 Å².